The first kappa shape index (κ1) is 14.2. The highest BCUT2D eigenvalue weighted by molar-refractivity contribution is 5.83. The lowest BCUT2D eigenvalue weighted by atomic mass is 10.3. The third-order valence-corrected chi connectivity index (χ3v) is 2.48. The summed E-state index contributed by atoms with van der Waals surface area (Å²) in [5, 5.41) is 12.8. The van der Waals surface area contributed by atoms with E-state index in [0.717, 1.165) is 0 Å². The van der Waals surface area contributed by atoms with E-state index >= 15 is 0 Å². The maximum atomic E-state index is 12.1. The first-order valence-corrected chi connectivity index (χ1v) is 5.55. The van der Waals surface area contributed by atoms with Gasteiger partial charge in [-0.2, -0.15) is 5.10 Å². The van der Waals surface area contributed by atoms with E-state index in [1.54, 1.807) is 25.4 Å². The van der Waals surface area contributed by atoms with E-state index in [2.05, 4.69) is 5.10 Å². The fraction of sp³-hybridized carbons (Fsp3) is 0.545. The number of aromatic nitrogens is 2. The summed E-state index contributed by atoms with van der Waals surface area (Å²) in [7, 11) is 1.50. The van der Waals surface area contributed by atoms with Crippen molar-refractivity contribution in [3.8, 4) is 0 Å². The summed E-state index contributed by atoms with van der Waals surface area (Å²) in [6, 6.07) is 1.18. The van der Waals surface area contributed by atoms with Crippen molar-refractivity contribution in [2.24, 2.45) is 0 Å². The van der Waals surface area contributed by atoms with Crippen molar-refractivity contribution in [2.45, 2.75) is 13.0 Å². The van der Waals surface area contributed by atoms with Gasteiger partial charge in [-0.3, -0.25) is 14.3 Å². The second-order valence-corrected chi connectivity index (χ2v) is 3.81. The van der Waals surface area contributed by atoms with Gasteiger partial charge in [0.05, 0.1) is 6.61 Å². The number of nitrogens with zero attached hydrogens (tertiary/aromatic N) is 3. The summed E-state index contributed by atoms with van der Waals surface area (Å²) in [5.74, 6) is -1.34. The van der Waals surface area contributed by atoms with Gasteiger partial charge in [0.1, 0.15) is 12.6 Å². The van der Waals surface area contributed by atoms with Crippen LogP contribution >= 0.6 is 0 Å². The Morgan fingerprint density at radius 1 is 1.56 bits per heavy atom. The summed E-state index contributed by atoms with van der Waals surface area (Å²) >= 11 is 0. The van der Waals surface area contributed by atoms with Crippen LogP contribution in [0.4, 0.5) is 0 Å². The Kier molecular flexibility index (Phi) is 5.31. The van der Waals surface area contributed by atoms with Crippen LogP contribution in [0.3, 0.4) is 0 Å². The number of carbonyl (C=O) groups excluding carboxylic acids is 1. The molecular weight excluding hydrogens is 238 g/mol. The molecule has 0 aromatic carbocycles. The molecule has 0 saturated carbocycles. The molecule has 1 N–H and O–H groups in total. The highest BCUT2D eigenvalue weighted by Crippen LogP contribution is 2.08. The standard InChI is InChI=1S/C11H17N3O4/c1-9(14-5-3-4-12-14)11(17)13(6-7-18-2)8-10(15)16/h3-5,9H,6-8H2,1-2H3,(H,15,16). The fourth-order valence-electron chi connectivity index (χ4n) is 1.52. The van der Waals surface area contributed by atoms with Crippen molar-refractivity contribution >= 4 is 11.9 Å². The van der Waals surface area contributed by atoms with Crippen LogP contribution in [-0.2, 0) is 14.3 Å². The van der Waals surface area contributed by atoms with Gasteiger partial charge in [-0.05, 0) is 13.0 Å². The monoisotopic (exact) mass is 255 g/mol. The molecule has 1 aromatic rings. The number of carboxylic acids is 1. The van der Waals surface area contributed by atoms with Gasteiger partial charge in [0, 0.05) is 26.0 Å². The number of aliphatic carboxylic acids is 1. The number of carbonyl (C=O) groups is 2. The number of hydrogen-bond donors (Lipinski definition) is 1. The molecule has 1 amide bonds. The van der Waals surface area contributed by atoms with E-state index in [-0.39, 0.29) is 19.0 Å². The molecule has 0 fully saturated rings. The van der Waals surface area contributed by atoms with Crippen molar-refractivity contribution in [1.29, 1.82) is 0 Å². The molecular formula is C11H17N3O4. The normalized spacial score (nSPS) is 12.1. The molecule has 1 unspecified atom stereocenters. The van der Waals surface area contributed by atoms with Crippen molar-refractivity contribution in [3.05, 3.63) is 18.5 Å². The van der Waals surface area contributed by atoms with Crippen LogP contribution in [0.25, 0.3) is 0 Å². The number of hydrogen-bond acceptors (Lipinski definition) is 4. The summed E-state index contributed by atoms with van der Waals surface area (Å²) in [4.78, 5) is 24.1. The Balaban J connectivity index is 2.71. The number of carboxylic acid groups (broad SMARTS) is 1. The van der Waals surface area contributed by atoms with Crippen molar-refractivity contribution in [2.75, 3.05) is 26.8 Å². The van der Waals surface area contributed by atoms with Crippen LogP contribution in [0, 0.1) is 0 Å². The quantitative estimate of drug-likeness (QED) is 0.741. The number of ether oxygens (including phenoxy) is 1. The molecule has 0 radical (unpaired) electrons. The van der Waals surface area contributed by atoms with Crippen molar-refractivity contribution < 1.29 is 19.4 Å². The summed E-state index contributed by atoms with van der Waals surface area (Å²) in [6.45, 7) is 1.88. The lowest BCUT2D eigenvalue weighted by molar-refractivity contribution is -0.146. The second kappa shape index (κ2) is 6.75. The van der Waals surface area contributed by atoms with Crippen LogP contribution in [0.2, 0.25) is 0 Å². The van der Waals surface area contributed by atoms with Crippen LogP contribution in [0.1, 0.15) is 13.0 Å². The smallest absolute Gasteiger partial charge is 0.323 e. The van der Waals surface area contributed by atoms with Crippen molar-refractivity contribution in [3.63, 3.8) is 0 Å². The molecule has 7 heteroatoms. The molecule has 0 aliphatic carbocycles. The van der Waals surface area contributed by atoms with Gasteiger partial charge in [-0.1, -0.05) is 0 Å². The largest absolute Gasteiger partial charge is 0.480 e. The van der Waals surface area contributed by atoms with Crippen molar-refractivity contribution in [1.82, 2.24) is 14.7 Å². The zero-order chi connectivity index (χ0) is 13.5. The average molecular weight is 255 g/mol. The molecule has 7 nitrogen and oxygen atoms in total. The fourth-order valence-corrected chi connectivity index (χ4v) is 1.52. The third-order valence-electron chi connectivity index (χ3n) is 2.48. The number of amides is 1. The molecule has 1 aromatic heterocycles. The third kappa shape index (κ3) is 3.85. The predicted molar refractivity (Wildman–Crippen MR) is 63.0 cm³/mol. The second-order valence-electron chi connectivity index (χ2n) is 3.81. The molecule has 1 atom stereocenters. The number of methoxy groups -OCH3 is 1. The van der Waals surface area contributed by atoms with Crippen LogP contribution < -0.4 is 0 Å². The molecule has 0 aliphatic rings. The van der Waals surface area contributed by atoms with E-state index < -0.39 is 12.0 Å². The van der Waals surface area contributed by atoms with E-state index in [1.165, 1.54) is 16.7 Å². The van der Waals surface area contributed by atoms with Crippen LogP contribution in [0.15, 0.2) is 18.5 Å². The molecule has 100 valence electrons. The van der Waals surface area contributed by atoms with Crippen LogP contribution in [0.5, 0.6) is 0 Å². The van der Waals surface area contributed by atoms with Gasteiger partial charge in [0.2, 0.25) is 5.91 Å². The Hall–Kier alpha value is -1.89. The zero-order valence-corrected chi connectivity index (χ0v) is 10.4. The Morgan fingerprint density at radius 2 is 2.28 bits per heavy atom. The molecule has 0 aliphatic heterocycles. The van der Waals surface area contributed by atoms with Gasteiger partial charge in [-0.15, -0.1) is 0 Å². The van der Waals surface area contributed by atoms with Crippen LogP contribution in [-0.4, -0.2) is 58.5 Å². The predicted octanol–water partition coefficient (Wildman–Crippen LogP) is 0.00370. The molecule has 1 rings (SSSR count). The minimum atomic E-state index is -1.05. The molecule has 1 heterocycles. The van der Waals surface area contributed by atoms with Gasteiger partial charge in [0.25, 0.3) is 0 Å². The molecule has 18 heavy (non-hydrogen) atoms. The summed E-state index contributed by atoms with van der Waals surface area (Å²) in [6.07, 6.45) is 3.23. The Bertz CT molecular complexity index is 391. The van der Waals surface area contributed by atoms with E-state index in [1.807, 2.05) is 0 Å². The molecule has 0 saturated heterocycles. The van der Waals surface area contributed by atoms with Gasteiger partial charge in [0.15, 0.2) is 0 Å². The molecule has 0 bridgehead atoms. The molecule has 0 spiro atoms. The number of rotatable bonds is 7. The SMILES string of the molecule is COCCN(CC(=O)O)C(=O)C(C)n1cccn1. The maximum Gasteiger partial charge on any atom is 0.323 e. The first-order chi connectivity index (χ1) is 8.56. The average Bonchev–Trinajstić information content (AvgIpc) is 2.85. The zero-order valence-electron chi connectivity index (χ0n) is 10.4. The van der Waals surface area contributed by atoms with E-state index in [9.17, 15) is 9.59 Å². The highest BCUT2D eigenvalue weighted by atomic mass is 16.5. The lowest BCUT2D eigenvalue weighted by Crippen LogP contribution is -2.41. The Morgan fingerprint density at radius 3 is 2.78 bits per heavy atom. The van der Waals surface area contributed by atoms with E-state index in [0.29, 0.717) is 6.61 Å². The summed E-state index contributed by atoms with van der Waals surface area (Å²) < 4.78 is 6.36. The first-order valence-electron chi connectivity index (χ1n) is 5.55. The van der Waals surface area contributed by atoms with Gasteiger partial charge in [-0.25, -0.2) is 0 Å². The summed E-state index contributed by atoms with van der Waals surface area (Å²) in [5.41, 5.74) is 0. The van der Waals surface area contributed by atoms with Gasteiger partial charge >= 0.3 is 5.97 Å². The van der Waals surface area contributed by atoms with Gasteiger partial charge < -0.3 is 14.7 Å². The van der Waals surface area contributed by atoms with E-state index in [4.69, 9.17) is 9.84 Å². The minimum Gasteiger partial charge on any atom is -0.480 e. The Labute approximate surface area is 105 Å². The lowest BCUT2D eigenvalue weighted by Gasteiger charge is -2.24. The highest BCUT2D eigenvalue weighted by Gasteiger charge is 2.23. The topological polar surface area (TPSA) is 84.7 Å². The minimum absolute atomic E-state index is 0.243. The maximum absolute atomic E-state index is 12.1.